The topological polar surface area (TPSA) is 27.0 Å². The SMILES string of the molecule is CCC1CCCN1C(C)C#N. The molecule has 0 aromatic rings. The summed E-state index contributed by atoms with van der Waals surface area (Å²) in [6.07, 6.45) is 3.74. The highest BCUT2D eigenvalue weighted by atomic mass is 15.2. The molecule has 0 bridgehead atoms. The average Bonchev–Trinajstić information content (AvgIpc) is 2.50. The Hall–Kier alpha value is -0.550. The Bertz CT molecular complexity index is 159. The second kappa shape index (κ2) is 3.73. The number of nitriles is 1. The van der Waals surface area contributed by atoms with Crippen LogP contribution in [0, 0.1) is 11.3 Å². The fourth-order valence-corrected chi connectivity index (χ4v) is 1.88. The fourth-order valence-electron chi connectivity index (χ4n) is 1.88. The third-order valence-corrected chi connectivity index (χ3v) is 2.58. The molecule has 0 radical (unpaired) electrons. The summed E-state index contributed by atoms with van der Waals surface area (Å²) in [6, 6.07) is 3.08. The minimum Gasteiger partial charge on any atom is -0.285 e. The largest absolute Gasteiger partial charge is 0.285 e. The molecule has 0 amide bonds. The van der Waals surface area contributed by atoms with E-state index in [0.717, 1.165) is 6.54 Å². The molecule has 0 aliphatic carbocycles. The molecule has 1 aliphatic rings. The first kappa shape index (κ1) is 8.55. The summed E-state index contributed by atoms with van der Waals surface area (Å²) in [7, 11) is 0. The highest BCUT2D eigenvalue weighted by Crippen LogP contribution is 2.21. The number of rotatable bonds is 2. The molecule has 1 saturated heterocycles. The van der Waals surface area contributed by atoms with Gasteiger partial charge in [0.15, 0.2) is 0 Å². The van der Waals surface area contributed by atoms with Crippen LogP contribution < -0.4 is 0 Å². The number of likely N-dealkylation sites (tertiary alicyclic amines) is 1. The van der Waals surface area contributed by atoms with Crippen LogP contribution in [0.1, 0.15) is 33.1 Å². The highest BCUT2D eigenvalue weighted by Gasteiger charge is 2.26. The van der Waals surface area contributed by atoms with E-state index in [-0.39, 0.29) is 6.04 Å². The van der Waals surface area contributed by atoms with Gasteiger partial charge < -0.3 is 0 Å². The summed E-state index contributed by atoms with van der Waals surface area (Å²) in [5, 5.41) is 8.72. The van der Waals surface area contributed by atoms with Gasteiger partial charge in [-0.3, -0.25) is 4.90 Å². The van der Waals surface area contributed by atoms with Gasteiger partial charge in [0.2, 0.25) is 0 Å². The minimum atomic E-state index is 0.113. The Kier molecular flexibility index (Phi) is 2.90. The molecule has 1 rings (SSSR count). The molecule has 2 nitrogen and oxygen atoms in total. The lowest BCUT2D eigenvalue weighted by molar-refractivity contribution is 0.222. The van der Waals surface area contributed by atoms with Crippen LogP contribution in [-0.2, 0) is 0 Å². The lowest BCUT2D eigenvalue weighted by Gasteiger charge is -2.25. The number of hydrogen-bond acceptors (Lipinski definition) is 2. The van der Waals surface area contributed by atoms with E-state index in [1.165, 1.54) is 19.3 Å². The molecular weight excluding hydrogens is 136 g/mol. The molecule has 2 atom stereocenters. The van der Waals surface area contributed by atoms with Crippen LogP contribution in [0.5, 0.6) is 0 Å². The quantitative estimate of drug-likeness (QED) is 0.603. The molecule has 2 heteroatoms. The Morgan fingerprint density at radius 1 is 1.73 bits per heavy atom. The monoisotopic (exact) mass is 152 g/mol. The molecule has 1 fully saturated rings. The molecule has 0 saturated carbocycles. The molecule has 62 valence electrons. The van der Waals surface area contributed by atoms with Gasteiger partial charge in [0.25, 0.3) is 0 Å². The van der Waals surface area contributed by atoms with Crippen LogP contribution in [0.15, 0.2) is 0 Å². The van der Waals surface area contributed by atoms with E-state index in [0.29, 0.717) is 6.04 Å². The van der Waals surface area contributed by atoms with Gasteiger partial charge in [0.05, 0.1) is 12.1 Å². The molecule has 0 aromatic carbocycles. The van der Waals surface area contributed by atoms with Crippen molar-refractivity contribution in [2.24, 2.45) is 0 Å². The van der Waals surface area contributed by atoms with Crippen molar-refractivity contribution < 1.29 is 0 Å². The lowest BCUT2D eigenvalue weighted by atomic mass is 10.1. The molecule has 1 aliphatic heterocycles. The average molecular weight is 152 g/mol. The van der Waals surface area contributed by atoms with Crippen molar-refractivity contribution in [3.05, 3.63) is 0 Å². The van der Waals surface area contributed by atoms with Gasteiger partial charge in [-0.05, 0) is 32.7 Å². The third-order valence-electron chi connectivity index (χ3n) is 2.58. The second-order valence-electron chi connectivity index (χ2n) is 3.25. The zero-order valence-electron chi connectivity index (χ0n) is 7.38. The second-order valence-corrected chi connectivity index (χ2v) is 3.25. The summed E-state index contributed by atoms with van der Waals surface area (Å²) in [5.74, 6) is 0. The van der Waals surface area contributed by atoms with Crippen molar-refractivity contribution in [2.75, 3.05) is 6.54 Å². The zero-order chi connectivity index (χ0) is 8.27. The number of hydrogen-bond donors (Lipinski definition) is 0. The molecule has 0 aromatic heterocycles. The summed E-state index contributed by atoms with van der Waals surface area (Å²) >= 11 is 0. The Morgan fingerprint density at radius 3 is 3.00 bits per heavy atom. The van der Waals surface area contributed by atoms with Crippen LogP contribution in [0.25, 0.3) is 0 Å². The summed E-state index contributed by atoms with van der Waals surface area (Å²) in [4.78, 5) is 2.32. The maximum atomic E-state index is 8.72. The van der Waals surface area contributed by atoms with Crippen molar-refractivity contribution in [1.82, 2.24) is 4.90 Å². The van der Waals surface area contributed by atoms with E-state index < -0.39 is 0 Å². The maximum Gasteiger partial charge on any atom is 0.0951 e. The van der Waals surface area contributed by atoms with E-state index >= 15 is 0 Å². The highest BCUT2D eigenvalue weighted by molar-refractivity contribution is 4.93. The van der Waals surface area contributed by atoms with Gasteiger partial charge in [-0.2, -0.15) is 5.26 Å². The lowest BCUT2D eigenvalue weighted by Crippen LogP contribution is -2.35. The van der Waals surface area contributed by atoms with Crippen molar-refractivity contribution in [3.8, 4) is 6.07 Å². The summed E-state index contributed by atoms with van der Waals surface area (Å²) in [6.45, 7) is 5.31. The number of nitrogens with zero attached hydrogens (tertiary/aromatic N) is 2. The molecular formula is C9H16N2. The van der Waals surface area contributed by atoms with E-state index in [9.17, 15) is 0 Å². The van der Waals surface area contributed by atoms with Crippen LogP contribution in [0.2, 0.25) is 0 Å². The Labute approximate surface area is 68.8 Å². The van der Waals surface area contributed by atoms with Crippen molar-refractivity contribution in [2.45, 2.75) is 45.2 Å². The summed E-state index contributed by atoms with van der Waals surface area (Å²) < 4.78 is 0. The van der Waals surface area contributed by atoms with Gasteiger partial charge in [-0.1, -0.05) is 6.92 Å². The zero-order valence-corrected chi connectivity index (χ0v) is 7.38. The van der Waals surface area contributed by atoms with Crippen LogP contribution >= 0.6 is 0 Å². The van der Waals surface area contributed by atoms with Gasteiger partial charge in [-0.25, -0.2) is 0 Å². The molecule has 0 N–H and O–H groups in total. The van der Waals surface area contributed by atoms with E-state index in [4.69, 9.17) is 5.26 Å². The van der Waals surface area contributed by atoms with E-state index in [1.807, 2.05) is 6.92 Å². The van der Waals surface area contributed by atoms with Crippen LogP contribution in [-0.4, -0.2) is 23.5 Å². The van der Waals surface area contributed by atoms with Crippen LogP contribution in [0.3, 0.4) is 0 Å². The standard InChI is InChI=1S/C9H16N2/c1-3-9-5-4-6-11(9)8(2)7-10/h8-9H,3-6H2,1-2H3. The van der Waals surface area contributed by atoms with Gasteiger partial charge >= 0.3 is 0 Å². The van der Waals surface area contributed by atoms with Crippen molar-refractivity contribution in [1.29, 1.82) is 5.26 Å². The minimum absolute atomic E-state index is 0.113. The molecule has 1 heterocycles. The molecule has 11 heavy (non-hydrogen) atoms. The van der Waals surface area contributed by atoms with Gasteiger partial charge in [0.1, 0.15) is 0 Å². The Morgan fingerprint density at radius 2 is 2.45 bits per heavy atom. The molecule has 2 unspecified atom stereocenters. The van der Waals surface area contributed by atoms with Crippen LogP contribution in [0.4, 0.5) is 0 Å². The Balaban J connectivity index is 2.50. The molecule has 0 spiro atoms. The predicted octanol–water partition coefficient (Wildman–Crippen LogP) is 1.77. The van der Waals surface area contributed by atoms with E-state index in [1.54, 1.807) is 0 Å². The van der Waals surface area contributed by atoms with E-state index in [2.05, 4.69) is 17.9 Å². The first-order valence-corrected chi connectivity index (χ1v) is 4.45. The first-order valence-electron chi connectivity index (χ1n) is 4.45. The first-order chi connectivity index (χ1) is 5.29. The van der Waals surface area contributed by atoms with Crippen molar-refractivity contribution >= 4 is 0 Å². The fraction of sp³-hybridized carbons (Fsp3) is 0.889. The predicted molar refractivity (Wildman–Crippen MR) is 45.1 cm³/mol. The van der Waals surface area contributed by atoms with Gasteiger partial charge in [-0.15, -0.1) is 0 Å². The third kappa shape index (κ3) is 1.72. The maximum absolute atomic E-state index is 8.72. The van der Waals surface area contributed by atoms with Crippen molar-refractivity contribution in [3.63, 3.8) is 0 Å². The smallest absolute Gasteiger partial charge is 0.0951 e. The van der Waals surface area contributed by atoms with Gasteiger partial charge in [0, 0.05) is 6.04 Å². The normalized spacial score (nSPS) is 28.3. The summed E-state index contributed by atoms with van der Waals surface area (Å²) in [5.41, 5.74) is 0.